The largest absolute Gasteiger partial charge is 0.355 e. The van der Waals surface area contributed by atoms with Crippen LogP contribution in [0.5, 0.6) is 0 Å². The number of thiophene rings is 1. The SMILES string of the molecule is CCNC(=O)CN(C)C(c1ccc(Br)s1)C(N)CC. The van der Waals surface area contributed by atoms with Crippen LogP contribution in [-0.4, -0.2) is 37.0 Å². The van der Waals surface area contributed by atoms with Crippen molar-refractivity contribution in [2.24, 2.45) is 5.73 Å². The topological polar surface area (TPSA) is 58.4 Å². The Kier molecular flexibility index (Phi) is 6.99. The van der Waals surface area contributed by atoms with Crippen LogP contribution in [0.2, 0.25) is 0 Å². The molecule has 108 valence electrons. The van der Waals surface area contributed by atoms with Crippen LogP contribution in [0, 0.1) is 0 Å². The Morgan fingerprint density at radius 3 is 2.68 bits per heavy atom. The van der Waals surface area contributed by atoms with Gasteiger partial charge in [0.1, 0.15) is 0 Å². The molecule has 0 spiro atoms. The molecule has 1 heterocycles. The number of rotatable bonds is 7. The van der Waals surface area contributed by atoms with E-state index in [1.54, 1.807) is 11.3 Å². The molecule has 0 saturated heterocycles. The first-order valence-corrected chi connectivity index (χ1v) is 8.08. The molecule has 1 amide bonds. The van der Waals surface area contributed by atoms with Gasteiger partial charge in [0.25, 0.3) is 0 Å². The summed E-state index contributed by atoms with van der Waals surface area (Å²) in [5.74, 6) is 0.0360. The second kappa shape index (κ2) is 7.99. The molecule has 0 saturated carbocycles. The molecule has 0 fully saturated rings. The predicted molar refractivity (Wildman–Crippen MR) is 84.3 cm³/mol. The molecule has 1 aromatic rings. The zero-order valence-corrected chi connectivity index (χ0v) is 14.1. The molecular formula is C13H22BrN3OS. The van der Waals surface area contributed by atoms with E-state index in [2.05, 4.69) is 34.2 Å². The summed E-state index contributed by atoms with van der Waals surface area (Å²) in [6.07, 6.45) is 0.875. The third kappa shape index (κ3) is 4.87. The van der Waals surface area contributed by atoms with Crippen molar-refractivity contribution in [3.63, 3.8) is 0 Å². The maximum absolute atomic E-state index is 11.7. The number of likely N-dealkylation sites (N-methyl/N-ethyl adjacent to an activating group) is 2. The molecule has 6 heteroatoms. The van der Waals surface area contributed by atoms with E-state index in [1.807, 2.05) is 24.9 Å². The molecule has 2 unspecified atom stereocenters. The molecular weight excluding hydrogens is 326 g/mol. The van der Waals surface area contributed by atoms with Crippen LogP contribution in [0.15, 0.2) is 15.9 Å². The fourth-order valence-electron chi connectivity index (χ4n) is 2.04. The molecule has 0 bridgehead atoms. The zero-order chi connectivity index (χ0) is 14.4. The lowest BCUT2D eigenvalue weighted by molar-refractivity contribution is -0.122. The molecule has 0 aromatic carbocycles. The summed E-state index contributed by atoms with van der Waals surface area (Å²) in [6, 6.07) is 4.19. The van der Waals surface area contributed by atoms with Crippen LogP contribution in [0.25, 0.3) is 0 Å². The average Bonchev–Trinajstić information content (AvgIpc) is 2.75. The van der Waals surface area contributed by atoms with Gasteiger partial charge in [-0.05, 0) is 48.5 Å². The van der Waals surface area contributed by atoms with Crippen molar-refractivity contribution < 1.29 is 4.79 Å². The van der Waals surface area contributed by atoms with Gasteiger partial charge in [0.15, 0.2) is 0 Å². The van der Waals surface area contributed by atoms with Crippen LogP contribution < -0.4 is 11.1 Å². The van der Waals surface area contributed by atoms with Gasteiger partial charge in [0.2, 0.25) is 5.91 Å². The van der Waals surface area contributed by atoms with Crippen LogP contribution >= 0.6 is 27.3 Å². The third-order valence-corrected chi connectivity index (χ3v) is 4.70. The standard InChI is InChI=1S/C13H22BrN3OS/c1-4-9(15)13(10-6-7-11(14)19-10)17(3)8-12(18)16-5-2/h6-7,9,13H,4-5,8,15H2,1-3H3,(H,16,18). The Morgan fingerprint density at radius 1 is 1.53 bits per heavy atom. The van der Waals surface area contributed by atoms with E-state index in [-0.39, 0.29) is 18.0 Å². The summed E-state index contributed by atoms with van der Waals surface area (Å²) in [7, 11) is 1.95. The van der Waals surface area contributed by atoms with Crippen molar-refractivity contribution in [3.05, 3.63) is 20.8 Å². The van der Waals surface area contributed by atoms with E-state index in [0.717, 1.165) is 10.2 Å². The number of carbonyl (C=O) groups is 1. The zero-order valence-electron chi connectivity index (χ0n) is 11.6. The number of carbonyl (C=O) groups excluding carboxylic acids is 1. The van der Waals surface area contributed by atoms with Gasteiger partial charge in [-0.15, -0.1) is 11.3 Å². The van der Waals surface area contributed by atoms with E-state index in [0.29, 0.717) is 13.1 Å². The average molecular weight is 348 g/mol. The number of nitrogens with two attached hydrogens (primary N) is 1. The molecule has 3 N–H and O–H groups in total. The minimum absolute atomic E-state index is 0.0185. The number of halogens is 1. The maximum atomic E-state index is 11.7. The van der Waals surface area contributed by atoms with Crippen molar-refractivity contribution >= 4 is 33.2 Å². The molecule has 1 aromatic heterocycles. The van der Waals surface area contributed by atoms with E-state index < -0.39 is 0 Å². The monoisotopic (exact) mass is 347 g/mol. The smallest absolute Gasteiger partial charge is 0.234 e. The lowest BCUT2D eigenvalue weighted by Gasteiger charge is -2.31. The van der Waals surface area contributed by atoms with Gasteiger partial charge >= 0.3 is 0 Å². The quantitative estimate of drug-likeness (QED) is 0.795. The minimum atomic E-state index is 0.0185. The van der Waals surface area contributed by atoms with E-state index >= 15 is 0 Å². The fraction of sp³-hybridized carbons (Fsp3) is 0.615. The van der Waals surface area contributed by atoms with Gasteiger partial charge in [-0.3, -0.25) is 9.69 Å². The van der Waals surface area contributed by atoms with Crippen molar-refractivity contribution in [2.45, 2.75) is 32.4 Å². The van der Waals surface area contributed by atoms with Gasteiger partial charge in [-0.2, -0.15) is 0 Å². The number of amides is 1. The van der Waals surface area contributed by atoms with Crippen molar-refractivity contribution in [2.75, 3.05) is 20.1 Å². The number of nitrogens with zero attached hydrogens (tertiary/aromatic N) is 1. The van der Waals surface area contributed by atoms with Crippen molar-refractivity contribution in [1.82, 2.24) is 10.2 Å². The Morgan fingerprint density at radius 2 is 2.21 bits per heavy atom. The van der Waals surface area contributed by atoms with Gasteiger partial charge < -0.3 is 11.1 Å². The Bertz CT molecular complexity index is 410. The number of nitrogens with one attached hydrogen (secondary N) is 1. The first-order valence-electron chi connectivity index (χ1n) is 6.47. The van der Waals surface area contributed by atoms with Gasteiger partial charge in [-0.25, -0.2) is 0 Å². The highest BCUT2D eigenvalue weighted by molar-refractivity contribution is 9.11. The third-order valence-electron chi connectivity index (χ3n) is 3.00. The normalized spacial score (nSPS) is 14.4. The lowest BCUT2D eigenvalue weighted by atomic mass is 10.0. The molecule has 0 aliphatic heterocycles. The first-order chi connectivity index (χ1) is 8.99. The molecule has 1 rings (SSSR count). The van der Waals surface area contributed by atoms with E-state index in [4.69, 9.17) is 5.73 Å². The van der Waals surface area contributed by atoms with Crippen molar-refractivity contribution in [1.29, 1.82) is 0 Å². The van der Waals surface area contributed by atoms with Crippen LogP contribution in [0.3, 0.4) is 0 Å². The molecule has 4 nitrogen and oxygen atoms in total. The molecule has 0 aliphatic carbocycles. The molecule has 2 atom stereocenters. The van der Waals surface area contributed by atoms with Gasteiger partial charge in [-0.1, -0.05) is 6.92 Å². The summed E-state index contributed by atoms with van der Waals surface area (Å²) in [5.41, 5.74) is 6.23. The van der Waals surface area contributed by atoms with Crippen LogP contribution in [0.1, 0.15) is 31.2 Å². The molecule has 0 aliphatic rings. The number of hydrogen-bond acceptors (Lipinski definition) is 4. The summed E-state index contributed by atoms with van der Waals surface area (Å²) in [5, 5.41) is 2.82. The summed E-state index contributed by atoms with van der Waals surface area (Å²) < 4.78 is 1.09. The maximum Gasteiger partial charge on any atom is 0.234 e. The van der Waals surface area contributed by atoms with E-state index in [1.165, 1.54) is 4.88 Å². The molecule has 19 heavy (non-hydrogen) atoms. The Labute approximate surface area is 127 Å². The van der Waals surface area contributed by atoms with Gasteiger partial charge in [0, 0.05) is 17.5 Å². The summed E-state index contributed by atoms with van der Waals surface area (Å²) in [4.78, 5) is 14.9. The minimum Gasteiger partial charge on any atom is -0.355 e. The van der Waals surface area contributed by atoms with Crippen molar-refractivity contribution in [3.8, 4) is 0 Å². The Hall–Kier alpha value is -0.430. The predicted octanol–water partition coefficient (Wildman–Crippen LogP) is 2.36. The molecule has 0 radical (unpaired) electrons. The second-order valence-corrected chi connectivity index (χ2v) is 7.02. The highest BCUT2D eigenvalue weighted by Crippen LogP contribution is 2.32. The number of hydrogen-bond donors (Lipinski definition) is 2. The van der Waals surface area contributed by atoms with Gasteiger partial charge in [0.05, 0.1) is 16.4 Å². The van der Waals surface area contributed by atoms with Crippen LogP contribution in [0.4, 0.5) is 0 Å². The fourth-order valence-corrected chi connectivity index (χ4v) is 3.71. The van der Waals surface area contributed by atoms with Crippen LogP contribution in [-0.2, 0) is 4.79 Å². The second-order valence-electron chi connectivity index (χ2n) is 4.53. The highest BCUT2D eigenvalue weighted by Gasteiger charge is 2.25. The highest BCUT2D eigenvalue weighted by atomic mass is 79.9. The summed E-state index contributed by atoms with van der Waals surface area (Å²) >= 11 is 5.15. The Balaban J connectivity index is 2.82. The summed E-state index contributed by atoms with van der Waals surface area (Å²) in [6.45, 7) is 5.01. The lowest BCUT2D eigenvalue weighted by Crippen LogP contribution is -2.43. The van der Waals surface area contributed by atoms with E-state index in [9.17, 15) is 4.79 Å². The first kappa shape index (κ1) is 16.6.